The van der Waals surface area contributed by atoms with E-state index in [-0.39, 0.29) is 11.4 Å². The number of pyridine rings is 1. The Balaban J connectivity index is 2.59. The lowest BCUT2D eigenvalue weighted by molar-refractivity contribution is 0.0690. The summed E-state index contributed by atoms with van der Waals surface area (Å²) in [6.45, 7) is 6.31. The average molecular weight is 265 g/mol. The number of aryl methyl sites for hydroxylation is 2. The second kappa shape index (κ2) is 7.77. The van der Waals surface area contributed by atoms with Crippen molar-refractivity contribution in [3.63, 3.8) is 0 Å². The van der Waals surface area contributed by atoms with Crippen LogP contribution in [-0.2, 0) is 0 Å². The zero-order valence-corrected chi connectivity index (χ0v) is 12.0. The molecule has 0 spiro atoms. The Morgan fingerprint density at radius 2 is 1.95 bits per heavy atom. The summed E-state index contributed by atoms with van der Waals surface area (Å²) < 4.78 is 5.55. The van der Waals surface area contributed by atoms with Crippen molar-refractivity contribution in [2.24, 2.45) is 0 Å². The van der Waals surface area contributed by atoms with Crippen molar-refractivity contribution in [3.05, 3.63) is 22.9 Å². The maximum atomic E-state index is 11.2. The summed E-state index contributed by atoms with van der Waals surface area (Å²) in [5.41, 5.74) is 1.66. The van der Waals surface area contributed by atoms with Crippen LogP contribution in [-0.4, -0.2) is 22.7 Å². The van der Waals surface area contributed by atoms with Crippen LogP contribution in [0.4, 0.5) is 0 Å². The molecule has 0 bridgehead atoms. The number of carboxylic acid groups (broad SMARTS) is 1. The molecule has 4 nitrogen and oxygen atoms in total. The summed E-state index contributed by atoms with van der Waals surface area (Å²) in [7, 11) is 0. The number of hydrogen-bond acceptors (Lipinski definition) is 3. The van der Waals surface area contributed by atoms with Crippen molar-refractivity contribution >= 4 is 5.97 Å². The van der Waals surface area contributed by atoms with Crippen LogP contribution in [0.15, 0.2) is 6.07 Å². The third-order valence-electron chi connectivity index (χ3n) is 3.01. The van der Waals surface area contributed by atoms with Gasteiger partial charge >= 0.3 is 5.97 Å². The SMILES string of the molecule is CCCCCCCOc1nc(C)cc(C)c1C(=O)O. The maximum Gasteiger partial charge on any atom is 0.341 e. The summed E-state index contributed by atoms with van der Waals surface area (Å²) in [6.07, 6.45) is 5.70. The van der Waals surface area contributed by atoms with Crippen LogP contribution in [0.3, 0.4) is 0 Å². The standard InChI is InChI=1S/C15H23NO3/c1-4-5-6-7-8-9-19-14-13(15(17)18)11(2)10-12(3)16-14/h10H,4-9H2,1-3H3,(H,17,18). The number of hydrogen-bond donors (Lipinski definition) is 1. The third kappa shape index (κ3) is 4.89. The highest BCUT2D eigenvalue weighted by molar-refractivity contribution is 5.91. The molecule has 19 heavy (non-hydrogen) atoms. The van der Waals surface area contributed by atoms with E-state index < -0.39 is 5.97 Å². The molecule has 1 N–H and O–H groups in total. The number of aromatic nitrogens is 1. The van der Waals surface area contributed by atoms with Gasteiger partial charge < -0.3 is 9.84 Å². The monoisotopic (exact) mass is 265 g/mol. The molecule has 0 fully saturated rings. The molecule has 0 unspecified atom stereocenters. The number of carboxylic acids is 1. The lowest BCUT2D eigenvalue weighted by atomic mass is 10.1. The largest absolute Gasteiger partial charge is 0.477 e. The fourth-order valence-electron chi connectivity index (χ4n) is 2.04. The van der Waals surface area contributed by atoms with Gasteiger partial charge in [-0.15, -0.1) is 0 Å². The minimum Gasteiger partial charge on any atom is -0.477 e. The molecule has 0 aliphatic carbocycles. The summed E-state index contributed by atoms with van der Waals surface area (Å²) >= 11 is 0. The molecule has 4 heteroatoms. The Labute approximate surface area is 114 Å². The smallest absolute Gasteiger partial charge is 0.341 e. The van der Waals surface area contributed by atoms with E-state index in [9.17, 15) is 9.90 Å². The summed E-state index contributed by atoms with van der Waals surface area (Å²) in [5, 5.41) is 9.19. The lowest BCUT2D eigenvalue weighted by Gasteiger charge is -2.11. The molecule has 0 atom stereocenters. The van der Waals surface area contributed by atoms with Crippen LogP contribution in [0.2, 0.25) is 0 Å². The molecule has 1 rings (SSSR count). The normalized spacial score (nSPS) is 10.5. The first kappa shape index (κ1) is 15.5. The quantitative estimate of drug-likeness (QED) is 0.727. The van der Waals surface area contributed by atoms with E-state index >= 15 is 0 Å². The number of ether oxygens (including phenoxy) is 1. The number of unbranched alkanes of at least 4 members (excludes halogenated alkanes) is 4. The van der Waals surface area contributed by atoms with Crippen LogP contribution in [0.25, 0.3) is 0 Å². The van der Waals surface area contributed by atoms with Crippen LogP contribution in [0, 0.1) is 13.8 Å². The van der Waals surface area contributed by atoms with Gasteiger partial charge in [0.25, 0.3) is 0 Å². The van der Waals surface area contributed by atoms with Crippen LogP contribution in [0.1, 0.15) is 60.6 Å². The molecule has 0 amide bonds. The topological polar surface area (TPSA) is 59.4 Å². The molecule has 1 aromatic heterocycles. The Morgan fingerprint density at radius 1 is 1.26 bits per heavy atom. The number of carbonyl (C=O) groups is 1. The first-order valence-electron chi connectivity index (χ1n) is 6.90. The van der Waals surface area contributed by atoms with Crippen LogP contribution < -0.4 is 4.74 Å². The van der Waals surface area contributed by atoms with Gasteiger partial charge in [0.05, 0.1) is 6.61 Å². The zero-order valence-electron chi connectivity index (χ0n) is 12.0. The second-order valence-electron chi connectivity index (χ2n) is 4.83. The average Bonchev–Trinajstić information content (AvgIpc) is 2.32. The predicted molar refractivity (Wildman–Crippen MR) is 74.9 cm³/mol. The van der Waals surface area contributed by atoms with Gasteiger partial charge in [-0.2, -0.15) is 0 Å². The van der Waals surface area contributed by atoms with E-state index in [1.165, 1.54) is 19.3 Å². The van der Waals surface area contributed by atoms with Gasteiger partial charge in [-0.1, -0.05) is 32.6 Å². The molecule has 106 valence electrons. The van der Waals surface area contributed by atoms with Crippen LogP contribution >= 0.6 is 0 Å². The molecular formula is C15H23NO3. The Hall–Kier alpha value is -1.58. The predicted octanol–water partition coefficient (Wildman–Crippen LogP) is 3.75. The first-order chi connectivity index (χ1) is 9.06. The fraction of sp³-hybridized carbons (Fsp3) is 0.600. The molecule has 0 aliphatic heterocycles. The highest BCUT2D eigenvalue weighted by Gasteiger charge is 2.16. The zero-order chi connectivity index (χ0) is 14.3. The minimum atomic E-state index is -0.981. The molecule has 0 saturated heterocycles. The minimum absolute atomic E-state index is 0.180. The molecule has 0 aromatic carbocycles. The van der Waals surface area contributed by atoms with E-state index in [0.29, 0.717) is 12.2 Å². The summed E-state index contributed by atoms with van der Waals surface area (Å²) in [4.78, 5) is 15.4. The van der Waals surface area contributed by atoms with Gasteiger partial charge in [-0.3, -0.25) is 0 Å². The van der Waals surface area contributed by atoms with Crippen molar-refractivity contribution in [3.8, 4) is 5.88 Å². The molecule has 1 aromatic rings. The second-order valence-corrected chi connectivity index (χ2v) is 4.83. The lowest BCUT2D eigenvalue weighted by Crippen LogP contribution is -2.09. The first-order valence-corrected chi connectivity index (χ1v) is 6.90. The van der Waals surface area contributed by atoms with E-state index in [1.54, 1.807) is 13.0 Å². The van der Waals surface area contributed by atoms with Crippen molar-refractivity contribution < 1.29 is 14.6 Å². The van der Waals surface area contributed by atoms with Gasteiger partial charge in [0.15, 0.2) is 0 Å². The fourth-order valence-corrected chi connectivity index (χ4v) is 2.04. The Kier molecular flexibility index (Phi) is 6.33. The third-order valence-corrected chi connectivity index (χ3v) is 3.01. The maximum absolute atomic E-state index is 11.2. The van der Waals surface area contributed by atoms with Gasteiger partial charge in [0.1, 0.15) is 5.56 Å². The van der Waals surface area contributed by atoms with Crippen LogP contribution in [0.5, 0.6) is 5.88 Å². The van der Waals surface area contributed by atoms with Gasteiger partial charge in [-0.05, 0) is 31.9 Å². The molecule has 0 saturated carbocycles. The summed E-state index contributed by atoms with van der Waals surface area (Å²) in [5.74, 6) is -0.730. The molecular weight excluding hydrogens is 242 g/mol. The number of aromatic carboxylic acids is 1. The van der Waals surface area contributed by atoms with Gasteiger partial charge in [0, 0.05) is 5.69 Å². The van der Waals surface area contributed by atoms with E-state index in [2.05, 4.69) is 11.9 Å². The van der Waals surface area contributed by atoms with Crippen molar-refractivity contribution in [2.45, 2.75) is 52.9 Å². The molecule has 0 radical (unpaired) electrons. The van der Waals surface area contributed by atoms with E-state index in [1.807, 2.05) is 6.92 Å². The Morgan fingerprint density at radius 3 is 2.58 bits per heavy atom. The van der Waals surface area contributed by atoms with E-state index in [4.69, 9.17) is 4.74 Å². The van der Waals surface area contributed by atoms with Crippen molar-refractivity contribution in [2.75, 3.05) is 6.61 Å². The highest BCUT2D eigenvalue weighted by Crippen LogP contribution is 2.21. The highest BCUT2D eigenvalue weighted by atomic mass is 16.5. The van der Waals surface area contributed by atoms with Crippen molar-refractivity contribution in [1.82, 2.24) is 4.98 Å². The van der Waals surface area contributed by atoms with Crippen molar-refractivity contribution in [1.29, 1.82) is 0 Å². The summed E-state index contributed by atoms with van der Waals surface area (Å²) in [6, 6.07) is 1.76. The molecule has 1 heterocycles. The Bertz CT molecular complexity index is 430. The number of rotatable bonds is 8. The van der Waals surface area contributed by atoms with Gasteiger partial charge in [0.2, 0.25) is 5.88 Å². The number of nitrogens with zero attached hydrogens (tertiary/aromatic N) is 1. The van der Waals surface area contributed by atoms with E-state index in [0.717, 1.165) is 18.5 Å². The van der Waals surface area contributed by atoms with Gasteiger partial charge in [-0.25, -0.2) is 9.78 Å². The molecule has 0 aliphatic rings.